The molecule has 20 heavy (non-hydrogen) atoms. The molecule has 0 aliphatic carbocycles. The highest BCUT2D eigenvalue weighted by molar-refractivity contribution is 9.10. The molecule has 2 aromatic carbocycles. The van der Waals surface area contributed by atoms with E-state index in [9.17, 15) is 4.79 Å². The van der Waals surface area contributed by atoms with E-state index in [1.54, 1.807) is 12.1 Å². The standard InChI is InChI=1S/C15H13BrClNO2/c1-20-15(19)10-3-6-13(7-4-10)18-9-11-2-5-12(16)8-14(11)17/h2-8,18H,9H2,1H3. The van der Waals surface area contributed by atoms with Gasteiger partial charge in [0.1, 0.15) is 0 Å². The van der Waals surface area contributed by atoms with Crippen molar-refractivity contribution in [3.63, 3.8) is 0 Å². The SMILES string of the molecule is COC(=O)c1ccc(NCc2ccc(Br)cc2Cl)cc1. The molecule has 0 bridgehead atoms. The number of nitrogens with one attached hydrogen (secondary N) is 1. The van der Waals surface area contributed by atoms with Crippen LogP contribution in [-0.4, -0.2) is 13.1 Å². The quantitative estimate of drug-likeness (QED) is 0.822. The zero-order valence-corrected chi connectivity index (χ0v) is 13.2. The van der Waals surface area contributed by atoms with Gasteiger partial charge in [-0.3, -0.25) is 0 Å². The third kappa shape index (κ3) is 3.74. The third-order valence-corrected chi connectivity index (χ3v) is 3.65. The maximum absolute atomic E-state index is 11.3. The first-order valence-corrected chi connectivity index (χ1v) is 7.13. The van der Waals surface area contributed by atoms with E-state index in [0.717, 1.165) is 15.7 Å². The summed E-state index contributed by atoms with van der Waals surface area (Å²) in [5.74, 6) is -0.340. The fourth-order valence-electron chi connectivity index (χ4n) is 1.70. The number of esters is 1. The summed E-state index contributed by atoms with van der Waals surface area (Å²) in [5, 5.41) is 3.96. The zero-order chi connectivity index (χ0) is 14.5. The molecule has 0 spiro atoms. The van der Waals surface area contributed by atoms with Crippen LogP contribution in [0.3, 0.4) is 0 Å². The Bertz CT molecular complexity index is 614. The van der Waals surface area contributed by atoms with Crippen molar-refractivity contribution in [2.45, 2.75) is 6.54 Å². The normalized spacial score (nSPS) is 10.2. The van der Waals surface area contributed by atoms with Gasteiger partial charge in [-0.25, -0.2) is 4.79 Å². The highest BCUT2D eigenvalue weighted by atomic mass is 79.9. The van der Waals surface area contributed by atoms with E-state index in [2.05, 4.69) is 26.0 Å². The van der Waals surface area contributed by atoms with Crippen molar-refractivity contribution in [3.05, 3.63) is 63.1 Å². The second kappa shape index (κ2) is 6.77. The Kier molecular flexibility index (Phi) is 5.04. The first-order chi connectivity index (χ1) is 9.60. The first-order valence-electron chi connectivity index (χ1n) is 5.96. The van der Waals surface area contributed by atoms with Crippen LogP contribution in [0.15, 0.2) is 46.9 Å². The summed E-state index contributed by atoms with van der Waals surface area (Å²) in [6.45, 7) is 0.615. The number of halogens is 2. The van der Waals surface area contributed by atoms with Crippen molar-refractivity contribution in [2.24, 2.45) is 0 Å². The summed E-state index contributed by atoms with van der Waals surface area (Å²) < 4.78 is 5.60. The van der Waals surface area contributed by atoms with Crippen molar-refractivity contribution in [1.82, 2.24) is 0 Å². The number of carbonyl (C=O) groups is 1. The fourth-order valence-corrected chi connectivity index (χ4v) is 2.44. The number of rotatable bonds is 4. The Morgan fingerprint density at radius 1 is 1.25 bits per heavy atom. The number of ether oxygens (including phenoxy) is 1. The Labute approximate surface area is 131 Å². The molecule has 0 aromatic heterocycles. The molecule has 104 valence electrons. The van der Waals surface area contributed by atoms with Gasteiger partial charge < -0.3 is 10.1 Å². The predicted octanol–water partition coefficient (Wildman–Crippen LogP) is 4.50. The van der Waals surface area contributed by atoms with E-state index in [1.165, 1.54) is 7.11 Å². The number of methoxy groups -OCH3 is 1. The highest BCUT2D eigenvalue weighted by Gasteiger charge is 2.05. The number of anilines is 1. The monoisotopic (exact) mass is 353 g/mol. The maximum atomic E-state index is 11.3. The lowest BCUT2D eigenvalue weighted by Crippen LogP contribution is -2.03. The molecule has 0 heterocycles. The lowest BCUT2D eigenvalue weighted by Gasteiger charge is -2.09. The van der Waals surface area contributed by atoms with Crippen LogP contribution in [-0.2, 0) is 11.3 Å². The van der Waals surface area contributed by atoms with E-state index >= 15 is 0 Å². The lowest BCUT2D eigenvalue weighted by atomic mass is 10.2. The van der Waals surface area contributed by atoms with Crippen LogP contribution >= 0.6 is 27.5 Å². The number of benzene rings is 2. The van der Waals surface area contributed by atoms with Gasteiger partial charge in [0.15, 0.2) is 0 Å². The molecule has 0 aliphatic heterocycles. The third-order valence-electron chi connectivity index (χ3n) is 2.80. The van der Waals surface area contributed by atoms with Crippen LogP contribution in [0.5, 0.6) is 0 Å². The van der Waals surface area contributed by atoms with Crippen LogP contribution in [0.1, 0.15) is 15.9 Å². The molecule has 0 atom stereocenters. The van der Waals surface area contributed by atoms with Gasteiger partial charge in [0.25, 0.3) is 0 Å². The van der Waals surface area contributed by atoms with Crippen molar-refractivity contribution >= 4 is 39.2 Å². The van der Waals surface area contributed by atoms with E-state index in [-0.39, 0.29) is 5.97 Å². The molecule has 1 N–H and O–H groups in total. The van der Waals surface area contributed by atoms with Gasteiger partial charge in [0.2, 0.25) is 0 Å². The summed E-state index contributed by atoms with van der Waals surface area (Å²) >= 11 is 9.52. The van der Waals surface area contributed by atoms with Crippen LogP contribution in [0.4, 0.5) is 5.69 Å². The van der Waals surface area contributed by atoms with Crippen LogP contribution < -0.4 is 5.32 Å². The molecule has 3 nitrogen and oxygen atoms in total. The smallest absolute Gasteiger partial charge is 0.337 e. The molecule has 0 radical (unpaired) electrons. The van der Waals surface area contributed by atoms with E-state index in [0.29, 0.717) is 17.1 Å². The van der Waals surface area contributed by atoms with Crippen molar-refractivity contribution < 1.29 is 9.53 Å². The van der Waals surface area contributed by atoms with Gasteiger partial charge in [-0.05, 0) is 42.0 Å². The minimum absolute atomic E-state index is 0.340. The predicted molar refractivity (Wildman–Crippen MR) is 84.3 cm³/mol. The molecule has 5 heteroatoms. The second-order valence-corrected chi connectivity index (χ2v) is 5.48. The second-order valence-electron chi connectivity index (χ2n) is 4.16. The van der Waals surface area contributed by atoms with Gasteiger partial charge in [0.05, 0.1) is 12.7 Å². The molecule has 0 unspecified atom stereocenters. The van der Waals surface area contributed by atoms with Crippen LogP contribution in [0.25, 0.3) is 0 Å². The molecule has 2 rings (SSSR count). The summed E-state index contributed by atoms with van der Waals surface area (Å²) in [6, 6.07) is 12.9. The van der Waals surface area contributed by atoms with E-state index in [1.807, 2.05) is 30.3 Å². The summed E-state index contributed by atoms with van der Waals surface area (Å²) in [7, 11) is 1.37. The van der Waals surface area contributed by atoms with Crippen molar-refractivity contribution in [2.75, 3.05) is 12.4 Å². The molecular weight excluding hydrogens is 342 g/mol. The fraction of sp³-hybridized carbons (Fsp3) is 0.133. The molecule has 0 saturated carbocycles. The summed E-state index contributed by atoms with van der Waals surface area (Å²) in [6.07, 6.45) is 0. The Balaban J connectivity index is 2.02. The summed E-state index contributed by atoms with van der Waals surface area (Å²) in [4.78, 5) is 11.3. The van der Waals surface area contributed by atoms with Crippen LogP contribution in [0, 0.1) is 0 Å². The number of hydrogen-bond donors (Lipinski definition) is 1. The van der Waals surface area contributed by atoms with Gasteiger partial charge in [-0.1, -0.05) is 33.6 Å². The summed E-state index contributed by atoms with van der Waals surface area (Å²) in [5.41, 5.74) is 2.45. The molecular formula is C15H13BrClNO2. The number of carbonyl (C=O) groups excluding carboxylic acids is 1. The molecule has 2 aromatic rings. The van der Waals surface area contributed by atoms with Gasteiger partial charge in [-0.15, -0.1) is 0 Å². The van der Waals surface area contributed by atoms with Gasteiger partial charge >= 0.3 is 5.97 Å². The van der Waals surface area contributed by atoms with Gasteiger partial charge in [0, 0.05) is 21.7 Å². The Morgan fingerprint density at radius 3 is 2.55 bits per heavy atom. The maximum Gasteiger partial charge on any atom is 0.337 e. The zero-order valence-electron chi connectivity index (χ0n) is 10.8. The average molecular weight is 355 g/mol. The first kappa shape index (κ1) is 14.9. The Hall–Kier alpha value is -1.52. The minimum Gasteiger partial charge on any atom is -0.465 e. The lowest BCUT2D eigenvalue weighted by molar-refractivity contribution is 0.0601. The number of hydrogen-bond acceptors (Lipinski definition) is 3. The average Bonchev–Trinajstić information content (AvgIpc) is 2.46. The molecule has 0 aliphatic rings. The van der Waals surface area contributed by atoms with Crippen molar-refractivity contribution in [1.29, 1.82) is 0 Å². The van der Waals surface area contributed by atoms with Gasteiger partial charge in [-0.2, -0.15) is 0 Å². The van der Waals surface area contributed by atoms with E-state index in [4.69, 9.17) is 11.6 Å². The Morgan fingerprint density at radius 2 is 1.95 bits per heavy atom. The van der Waals surface area contributed by atoms with Crippen LogP contribution in [0.2, 0.25) is 5.02 Å². The molecule has 0 fully saturated rings. The highest BCUT2D eigenvalue weighted by Crippen LogP contribution is 2.22. The molecule has 0 saturated heterocycles. The largest absolute Gasteiger partial charge is 0.465 e. The topological polar surface area (TPSA) is 38.3 Å². The molecule has 0 amide bonds. The minimum atomic E-state index is -0.340. The van der Waals surface area contributed by atoms with E-state index < -0.39 is 0 Å². The van der Waals surface area contributed by atoms with Crippen molar-refractivity contribution in [3.8, 4) is 0 Å².